The van der Waals surface area contributed by atoms with Crippen LogP contribution in [0.25, 0.3) is 11.1 Å². The Bertz CT molecular complexity index is 940. The fourth-order valence-corrected chi connectivity index (χ4v) is 3.59. The van der Waals surface area contributed by atoms with Gasteiger partial charge in [-0.3, -0.25) is 0 Å². The fourth-order valence-electron chi connectivity index (χ4n) is 2.92. The van der Waals surface area contributed by atoms with E-state index >= 15 is 0 Å². The molecule has 9 nitrogen and oxygen atoms in total. The van der Waals surface area contributed by atoms with Gasteiger partial charge in [0.1, 0.15) is 16.0 Å². The lowest BCUT2D eigenvalue weighted by Crippen LogP contribution is -2.44. The Kier molecular flexibility index (Phi) is 5.04. The van der Waals surface area contributed by atoms with Crippen molar-refractivity contribution in [2.24, 2.45) is 5.14 Å². The maximum atomic E-state index is 12.1. The monoisotopic (exact) mass is 396 g/mol. The second-order valence-electron chi connectivity index (χ2n) is 7.55. The molecule has 0 spiro atoms. The molecule has 27 heavy (non-hydrogen) atoms. The number of benzene rings is 1. The molecule has 1 saturated heterocycles. The molecular weight excluding hydrogens is 372 g/mol. The third kappa shape index (κ3) is 4.69. The Balaban J connectivity index is 1.65. The zero-order chi connectivity index (χ0) is 19.8. The fraction of sp³-hybridized carbons (Fsp3) is 0.529. The van der Waals surface area contributed by atoms with E-state index in [2.05, 4.69) is 10.3 Å². The number of nitrogens with one attached hydrogen (secondary N) is 1. The molecule has 1 aliphatic rings. The zero-order valence-electron chi connectivity index (χ0n) is 15.6. The van der Waals surface area contributed by atoms with Gasteiger partial charge in [0.15, 0.2) is 5.58 Å². The number of para-hydroxylation sites is 1. The molecule has 0 unspecified atom stereocenters. The van der Waals surface area contributed by atoms with Crippen molar-refractivity contribution in [2.45, 2.75) is 50.2 Å². The minimum absolute atomic E-state index is 0.0506. The number of hydrogen-bond donors (Lipinski definition) is 2. The molecule has 1 aromatic heterocycles. The van der Waals surface area contributed by atoms with Crippen molar-refractivity contribution >= 4 is 33.2 Å². The Labute approximate surface area is 157 Å². The first kappa shape index (κ1) is 19.4. The number of carbonyl (C=O) groups excluding carboxylic acids is 1. The Hall–Kier alpha value is -2.33. The molecule has 0 bridgehead atoms. The molecule has 0 radical (unpaired) electrons. The average Bonchev–Trinajstić information content (AvgIpc) is 2.95. The summed E-state index contributed by atoms with van der Waals surface area (Å²) in [5, 5.41) is 8.38. The summed E-state index contributed by atoms with van der Waals surface area (Å²) in [6.07, 6.45) is 1.07. The molecule has 1 aromatic carbocycles. The minimum atomic E-state index is -3.90. The van der Waals surface area contributed by atoms with E-state index in [0.717, 1.165) is 0 Å². The third-order valence-corrected chi connectivity index (χ3v) is 5.09. The molecular formula is C17H24N4O5S. The standard InChI is InChI=1S/C17H24N4O5S/c1-17(2,3)26-16(22)21-9-7-11(8-10-21)19-15-20-12-5-4-6-13(14(12)25-15)27(18,23)24/h4-6,11H,7-10H2,1-3H3,(H,19,20)(H2,18,23,24). The van der Waals surface area contributed by atoms with E-state index in [4.69, 9.17) is 14.3 Å². The van der Waals surface area contributed by atoms with E-state index in [1.54, 1.807) is 17.0 Å². The molecule has 0 atom stereocenters. The number of nitrogens with two attached hydrogens (primary N) is 1. The number of primary sulfonamides is 1. The van der Waals surface area contributed by atoms with Crippen LogP contribution in [0.2, 0.25) is 0 Å². The second kappa shape index (κ2) is 7.01. The highest BCUT2D eigenvalue weighted by Gasteiger charge is 2.27. The highest BCUT2D eigenvalue weighted by atomic mass is 32.2. The van der Waals surface area contributed by atoms with Gasteiger partial charge in [-0.05, 0) is 45.7 Å². The van der Waals surface area contributed by atoms with Crippen molar-refractivity contribution in [2.75, 3.05) is 18.4 Å². The number of nitrogens with zero attached hydrogens (tertiary/aromatic N) is 2. The Morgan fingerprint density at radius 2 is 2.00 bits per heavy atom. The number of amides is 1. The topological polar surface area (TPSA) is 128 Å². The van der Waals surface area contributed by atoms with Crippen LogP contribution in [0.5, 0.6) is 0 Å². The van der Waals surface area contributed by atoms with E-state index in [-0.39, 0.29) is 28.6 Å². The Morgan fingerprint density at radius 3 is 2.59 bits per heavy atom. The number of carbonyl (C=O) groups is 1. The summed E-state index contributed by atoms with van der Waals surface area (Å²) in [6, 6.07) is 4.88. The first-order valence-electron chi connectivity index (χ1n) is 8.70. The zero-order valence-corrected chi connectivity index (χ0v) is 16.4. The Morgan fingerprint density at radius 1 is 1.33 bits per heavy atom. The summed E-state index contributed by atoms with van der Waals surface area (Å²) in [7, 11) is -3.90. The molecule has 148 valence electrons. The van der Waals surface area contributed by atoms with Crippen molar-refractivity contribution in [3.63, 3.8) is 0 Å². The normalized spacial score (nSPS) is 16.5. The summed E-state index contributed by atoms with van der Waals surface area (Å²) >= 11 is 0. The SMILES string of the molecule is CC(C)(C)OC(=O)N1CCC(Nc2nc3cccc(S(N)(=O)=O)c3o2)CC1. The number of fused-ring (bicyclic) bond motifs is 1. The molecule has 3 N–H and O–H groups in total. The predicted octanol–water partition coefficient (Wildman–Crippen LogP) is 2.29. The quantitative estimate of drug-likeness (QED) is 0.814. The summed E-state index contributed by atoms with van der Waals surface area (Å²) in [6.45, 7) is 6.61. The molecule has 0 saturated carbocycles. The number of aromatic nitrogens is 1. The number of rotatable bonds is 3. The van der Waals surface area contributed by atoms with Crippen LogP contribution in [0.3, 0.4) is 0 Å². The van der Waals surface area contributed by atoms with Crippen molar-refractivity contribution in [3.05, 3.63) is 18.2 Å². The van der Waals surface area contributed by atoms with Gasteiger partial charge in [0.05, 0.1) is 0 Å². The van der Waals surface area contributed by atoms with Crippen LogP contribution in [0.15, 0.2) is 27.5 Å². The largest absolute Gasteiger partial charge is 0.444 e. The van der Waals surface area contributed by atoms with Gasteiger partial charge < -0.3 is 19.4 Å². The summed E-state index contributed by atoms with van der Waals surface area (Å²) < 4.78 is 34.3. The van der Waals surface area contributed by atoms with Gasteiger partial charge in [0.25, 0.3) is 6.01 Å². The van der Waals surface area contributed by atoms with Crippen LogP contribution < -0.4 is 10.5 Å². The van der Waals surface area contributed by atoms with Gasteiger partial charge in [-0.25, -0.2) is 18.4 Å². The van der Waals surface area contributed by atoms with Gasteiger partial charge in [-0.2, -0.15) is 4.98 Å². The number of anilines is 1. The summed E-state index contributed by atoms with van der Waals surface area (Å²) in [5.41, 5.74) is 0.0229. The van der Waals surface area contributed by atoms with Crippen LogP contribution in [0.4, 0.5) is 10.8 Å². The van der Waals surface area contributed by atoms with Crippen LogP contribution in [0.1, 0.15) is 33.6 Å². The van der Waals surface area contributed by atoms with Crippen molar-refractivity contribution in [3.8, 4) is 0 Å². The summed E-state index contributed by atoms with van der Waals surface area (Å²) in [4.78, 5) is 18.0. The maximum Gasteiger partial charge on any atom is 0.410 e. The molecule has 2 aromatic rings. The first-order chi connectivity index (χ1) is 12.5. The number of piperidine rings is 1. The van der Waals surface area contributed by atoms with E-state index in [0.29, 0.717) is 31.4 Å². The van der Waals surface area contributed by atoms with Crippen molar-refractivity contribution < 1.29 is 22.4 Å². The van der Waals surface area contributed by atoms with E-state index < -0.39 is 15.6 Å². The van der Waals surface area contributed by atoms with Crippen molar-refractivity contribution in [1.29, 1.82) is 0 Å². The molecule has 0 aliphatic carbocycles. The molecule has 3 rings (SSSR count). The van der Waals surface area contributed by atoms with E-state index in [1.165, 1.54) is 6.07 Å². The smallest absolute Gasteiger partial charge is 0.410 e. The van der Waals surface area contributed by atoms with Gasteiger partial charge >= 0.3 is 6.09 Å². The highest BCUT2D eigenvalue weighted by Crippen LogP contribution is 2.26. The average molecular weight is 396 g/mol. The number of hydrogen-bond acceptors (Lipinski definition) is 7. The third-order valence-electron chi connectivity index (χ3n) is 4.16. The number of sulfonamides is 1. The predicted molar refractivity (Wildman–Crippen MR) is 99.8 cm³/mol. The lowest BCUT2D eigenvalue weighted by molar-refractivity contribution is 0.0210. The number of oxazole rings is 1. The molecule has 1 aliphatic heterocycles. The van der Waals surface area contributed by atoms with Crippen LogP contribution in [-0.2, 0) is 14.8 Å². The minimum Gasteiger partial charge on any atom is -0.444 e. The second-order valence-corrected chi connectivity index (χ2v) is 9.08. The lowest BCUT2D eigenvalue weighted by Gasteiger charge is -2.33. The highest BCUT2D eigenvalue weighted by molar-refractivity contribution is 7.89. The first-order valence-corrected chi connectivity index (χ1v) is 10.2. The van der Waals surface area contributed by atoms with Crippen LogP contribution in [0, 0.1) is 0 Å². The van der Waals surface area contributed by atoms with Crippen LogP contribution >= 0.6 is 0 Å². The maximum absolute atomic E-state index is 12.1. The van der Waals surface area contributed by atoms with Gasteiger partial charge in [-0.15, -0.1) is 0 Å². The van der Waals surface area contributed by atoms with Gasteiger partial charge in [-0.1, -0.05) is 6.07 Å². The molecule has 2 heterocycles. The van der Waals surface area contributed by atoms with E-state index in [9.17, 15) is 13.2 Å². The lowest BCUT2D eigenvalue weighted by atomic mass is 10.1. The van der Waals surface area contributed by atoms with E-state index in [1.807, 2.05) is 20.8 Å². The number of likely N-dealkylation sites (tertiary alicyclic amines) is 1. The summed E-state index contributed by atoms with van der Waals surface area (Å²) in [5.74, 6) is 0. The van der Waals surface area contributed by atoms with Gasteiger partial charge in [0, 0.05) is 19.1 Å². The van der Waals surface area contributed by atoms with Crippen molar-refractivity contribution in [1.82, 2.24) is 9.88 Å². The van der Waals surface area contributed by atoms with Gasteiger partial charge in [0.2, 0.25) is 10.0 Å². The molecule has 1 fully saturated rings. The molecule has 10 heteroatoms. The number of ether oxygens (including phenoxy) is 1. The van der Waals surface area contributed by atoms with Crippen LogP contribution in [-0.4, -0.2) is 49.1 Å². The molecule has 1 amide bonds.